The van der Waals surface area contributed by atoms with Crippen molar-refractivity contribution >= 4 is 27.5 Å². The first-order valence-electron chi connectivity index (χ1n) is 6.54. The number of benzene rings is 1. The Morgan fingerprint density at radius 3 is 2.95 bits per heavy atom. The van der Waals surface area contributed by atoms with Gasteiger partial charge in [0, 0.05) is 0 Å². The monoisotopic (exact) mass is 302 g/mol. The zero-order chi connectivity index (χ0) is 14.8. The largest absolute Gasteiger partial charge is 0.457 e. The number of hydrogen-bond donors (Lipinski definition) is 2. The maximum Gasteiger partial charge on any atom is 0.248 e. The van der Waals surface area contributed by atoms with Crippen molar-refractivity contribution in [2.75, 3.05) is 0 Å². The number of aliphatic hydroxyl groups excluding tert-OH is 1. The molecule has 0 bridgehead atoms. The summed E-state index contributed by atoms with van der Waals surface area (Å²) >= 11 is 1.56. The fourth-order valence-electron chi connectivity index (χ4n) is 1.89. The maximum atomic E-state index is 11.3. The molecular weight excluding hydrogens is 288 g/mol. The minimum atomic E-state index is -1.02. The van der Waals surface area contributed by atoms with Crippen LogP contribution in [0.25, 0.3) is 21.0 Å². The van der Waals surface area contributed by atoms with Crippen LogP contribution in [-0.2, 0) is 11.3 Å². The number of nitrogens with one attached hydrogen (secondary N) is 1. The normalized spacial score (nSPS) is 12.5. The topological polar surface area (TPSA) is 75.4 Å². The highest BCUT2D eigenvalue weighted by Gasteiger charge is 2.12. The predicted octanol–water partition coefficient (Wildman–Crippen LogP) is 2.55. The molecule has 3 aromatic rings. The Bertz CT molecular complexity index is 743. The van der Waals surface area contributed by atoms with Gasteiger partial charge in [0.1, 0.15) is 11.9 Å². The fourth-order valence-corrected chi connectivity index (χ4v) is 2.81. The second kappa shape index (κ2) is 5.67. The molecule has 1 aromatic carbocycles. The Balaban J connectivity index is 1.76. The Hall–Kier alpha value is -2.18. The summed E-state index contributed by atoms with van der Waals surface area (Å²) in [5.41, 5.74) is 0.942. The molecule has 0 saturated carbocycles. The summed E-state index contributed by atoms with van der Waals surface area (Å²) in [5, 5.41) is 12.5. The average Bonchev–Trinajstić information content (AvgIpc) is 3.10. The summed E-state index contributed by atoms with van der Waals surface area (Å²) in [6, 6.07) is 11.5. The maximum absolute atomic E-state index is 11.3. The van der Waals surface area contributed by atoms with Gasteiger partial charge in [-0.2, -0.15) is 0 Å². The zero-order valence-corrected chi connectivity index (χ0v) is 12.2. The number of aliphatic hydroxyl groups is 1. The first-order chi connectivity index (χ1) is 10.1. The third kappa shape index (κ3) is 2.96. The van der Waals surface area contributed by atoms with Crippen LogP contribution in [0, 0.1) is 0 Å². The lowest BCUT2D eigenvalue weighted by molar-refractivity contribution is -0.128. The lowest BCUT2D eigenvalue weighted by atomic mass is 10.3. The molecule has 0 radical (unpaired) electrons. The van der Waals surface area contributed by atoms with E-state index >= 15 is 0 Å². The van der Waals surface area contributed by atoms with Gasteiger partial charge in [0.15, 0.2) is 10.8 Å². The van der Waals surface area contributed by atoms with Gasteiger partial charge in [0.25, 0.3) is 0 Å². The van der Waals surface area contributed by atoms with Gasteiger partial charge in [-0.3, -0.25) is 4.79 Å². The zero-order valence-electron chi connectivity index (χ0n) is 11.4. The number of carbonyl (C=O) groups excluding carboxylic acids is 1. The van der Waals surface area contributed by atoms with E-state index in [9.17, 15) is 4.79 Å². The van der Waals surface area contributed by atoms with E-state index in [4.69, 9.17) is 9.52 Å². The van der Waals surface area contributed by atoms with Gasteiger partial charge in [0.05, 0.1) is 16.8 Å². The van der Waals surface area contributed by atoms with Crippen LogP contribution in [0.1, 0.15) is 12.7 Å². The summed E-state index contributed by atoms with van der Waals surface area (Å²) in [4.78, 5) is 15.8. The van der Waals surface area contributed by atoms with Gasteiger partial charge < -0.3 is 14.8 Å². The van der Waals surface area contributed by atoms with Crippen molar-refractivity contribution in [2.24, 2.45) is 0 Å². The van der Waals surface area contributed by atoms with Gasteiger partial charge >= 0.3 is 0 Å². The lowest BCUT2D eigenvalue weighted by Gasteiger charge is -2.04. The molecule has 0 fully saturated rings. The minimum Gasteiger partial charge on any atom is -0.457 e. The van der Waals surface area contributed by atoms with Crippen LogP contribution in [0.5, 0.6) is 0 Å². The third-order valence-corrected chi connectivity index (χ3v) is 4.03. The van der Waals surface area contributed by atoms with Gasteiger partial charge in [-0.1, -0.05) is 12.1 Å². The van der Waals surface area contributed by atoms with E-state index in [0.717, 1.165) is 15.2 Å². The van der Waals surface area contributed by atoms with Crippen LogP contribution in [0.15, 0.2) is 40.8 Å². The second-order valence-electron chi connectivity index (χ2n) is 4.65. The molecular formula is C15H14N2O3S. The van der Waals surface area contributed by atoms with E-state index in [0.29, 0.717) is 11.5 Å². The van der Waals surface area contributed by atoms with Crippen LogP contribution >= 0.6 is 11.3 Å². The first-order valence-corrected chi connectivity index (χ1v) is 7.35. The van der Waals surface area contributed by atoms with E-state index < -0.39 is 12.0 Å². The molecule has 1 atom stereocenters. The highest BCUT2D eigenvalue weighted by Crippen LogP contribution is 2.30. The number of nitrogens with zero attached hydrogens (tertiary/aromatic N) is 1. The van der Waals surface area contributed by atoms with Gasteiger partial charge in [0.2, 0.25) is 5.91 Å². The van der Waals surface area contributed by atoms with Crippen LogP contribution in [0.4, 0.5) is 0 Å². The van der Waals surface area contributed by atoms with E-state index in [1.54, 1.807) is 17.4 Å². The molecule has 2 N–H and O–H groups in total. The molecule has 1 amide bonds. The standard InChI is InChI=1S/C15H14N2O3S/c1-9(18)14(19)16-8-10-6-7-12(20-10)15-17-11-4-2-3-5-13(11)21-15/h2-7,9,18H,8H2,1H3,(H,16,19). The fraction of sp³-hybridized carbons (Fsp3) is 0.200. The molecule has 0 spiro atoms. The van der Waals surface area contributed by atoms with Gasteiger partial charge in [-0.05, 0) is 31.2 Å². The molecule has 1 unspecified atom stereocenters. The van der Waals surface area contributed by atoms with E-state index in [-0.39, 0.29) is 6.54 Å². The number of amides is 1. The molecule has 6 heteroatoms. The summed E-state index contributed by atoms with van der Waals surface area (Å²) in [5.74, 6) is 0.878. The summed E-state index contributed by atoms with van der Waals surface area (Å²) < 4.78 is 6.79. The van der Waals surface area contributed by atoms with Crippen molar-refractivity contribution in [1.82, 2.24) is 10.3 Å². The molecule has 0 aliphatic heterocycles. The highest BCUT2D eigenvalue weighted by atomic mass is 32.1. The number of rotatable bonds is 4. The number of furan rings is 1. The Morgan fingerprint density at radius 2 is 2.19 bits per heavy atom. The van der Waals surface area contributed by atoms with Crippen LogP contribution in [0.2, 0.25) is 0 Å². The predicted molar refractivity (Wildman–Crippen MR) is 80.8 cm³/mol. The number of aromatic nitrogens is 1. The first kappa shape index (κ1) is 13.8. The van der Waals surface area contributed by atoms with Crippen LogP contribution in [-0.4, -0.2) is 22.1 Å². The van der Waals surface area contributed by atoms with Crippen molar-refractivity contribution in [3.05, 3.63) is 42.2 Å². The number of para-hydroxylation sites is 1. The van der Waals surface area contributed by atoms with Crippen molar-refractivity contribution in [1.29, 1.82) is 0 Å². The number of fused-ring (bicyclic) bond motifs is 1. The molecule has 5 nitrogen and oxygen atoms in total. The SMILES string of the molecule is CC(O)C(=O)NCc1ccc(-c2nc3ccccc3s2)o1. The molecule has 0 saturated heterocycles. The summed E-state index contributed by atoms with van der Waals surface area (Å²) in [6.45, 7) is 1.67. The van der Waals surface area contributed by atoms with Crippen LogP contribution < -0.4 is 5.32 Å². The lowest BCUT2D eigenvalue weighted by Crippen LogP contribution is -2.31. The smallest absolute Gasteiger partial charge is 0.248 e. The van der Waals surface area contributed by atoms with E-state index in [1.807, 2.05) is 30.3 Å². The molecule has 108 valence electrons. The van der Waals surface area contributed by atoms with Gasteiger partial charge in [-0.25, -0.2) is 4.98 Å². The van der Waals surface area contributed by atoms with Crippen molar-refractivity contribution < 1.29 is 14.3 Å². The van der Waals surface area contributed by atoms with Crippen molar-refractivity contribution in [2.45, 2.75) is 19.6 Å². The summed E-state index contributed by atoms with van der Waals surface area (Å²) in [7, 11) is 0. The van der Waals surface area contributed by atoms with Crippen molar-refractivity contribution in [3.63, 3.8) is 0 Å². The molecule has 21 heavy (non-hydrogen) atoms. The second-order valence-corrected chi connectivity index (χ2v) is 5.68. The van der Waals surface area contributed by atoms with E-state index in [1.165, 1.54) is 6.92 Å². The number of thiazole rings is 1. The average molecular weight is 302 g/mol. The molecule has 2 aromatic heterocycles. The van der Waals surface area contributed by atoms with Crippen molar-refractivity contribution in [3.8, 4) is 10.8 Å². The number of hydrogen-bond acceptors (Lipinski definition) is 5. The van der Waals surface area contributed by atoms with Gasteiger partial charge in [-0.15, -0.1) is 11.3 Å². The minimum absolute atomic E-state index is 0.245. The molecule has 0 aliphatic rings. The van der Waals surface area contributed by atoms with E-state index in [2.05, 4.69) is 10.3 Å². The Labute approximate surface area is 125 Å². The third-order valence-electron chi connectivity index (χ3n) is 2.98. The molecule has 0 aliphatic carbocycles. The summed E-state index contributed by atoms with van der Waals surface area (Å²) in [6.07, 6.45) is -1.02. The highest BCUT2D eigenvalue weighted by molar-refractivity contribution is 7.21. The molecule has 3 rings (SSSR count). The Kier molecular flexibility index (Phi) is 3.72. The van der Waals surface area contributed by atoms with Crippen LogP contribution in [0.3, 0.4) is 0 Å². The molecule has 2 heterocycles. The quantitative estimate of drug-likeness (QED) is 0.776. The Morgan fingerprint density at radius 1 is 1.38 bits per heavy atom. The number of carbonyl (C=O) groups is 1.